The Morgan fingerprint density at radius 1 is 0.852 bits per heavy atom. The molecule has 3 nitrogen and oxygen atoms in total. The average molecular weight is 362 g/mol. The van der Waals surface area contributed by atoms with Crippen molar-refractivity contribution in [1.82, 2.24) is 9.88 Å². The fourth-order valence-electron chi connectivity index (χ4n) is 3.76. The van der Waals surface area contributed by atoms with Gasteiger partial charge < -0.3 is 4.74 Å². The summed E-state index contributed by atoms with van der Waals surface area (Å²) in [5.41, 5.74) is 3.63. The summed E-state index contributed by atoms with van der Waals surface area (Å²) in [4.78, 5) is 6.59. The van der Waals surface area contributed by atoms with Gasteiger partial charge in [-0.3, -0.25) is 9.88 Å². The molecule has 1 aliphatic heterocycles. The molecule has 0 bridgehead atoms. The number of halogens is 1. The van der Waals surface area contributed by atoms with Crippen LogP contribution in [-0.4, -0.2) is 29.1 Å². The van der Waals surface area contributed by atoms with E-state index in [9.17, 15) is 4.39 Å². The first kappa shape index (κ1) is 17.8. The number of nitrogens with zero attached hydrogens (tertiary/aromatic N) is 2. The predicted octanol–water partition coefficient (Wildman–Crippen LogP) is 4.41. The Morgan fingerprint density at radius 2 is 1.52 bits per heavy atom. The topological polar surface area (TPSA) is 25.4 Å². The van der Waals surface area contributed by atoms with Crippen LogP contribution in [0.5, 0.6) is 0 Å². The van der Waals surface area contributed by atoms with Crippen molar-refractivity contribution in [3.63, 3.8) is 0 Å². The van der Waals surface area contributed by atoms with Gasteiger partial charge in [0.2, 0.25) is 0 Å². The van der Waals surface area contributed by atoms with Crippen LogP contribution in [0.2, 0.25) is 0 Å². The highest BCUT2D eigenvalue weighted by Gasteiger charge is 2.34. The van der Waals surface area contributed by atoms with Gasteiger partial charge in [-0.05, 0) is 41.0 Å². The molecule has 0 radical (unpaired) electrons. The summed E-state index contributed by atoms with van der Waals surface area (Å²) in [7, 11) is 0. The van der Waals surface area contributed by atoms with E-state index in [1.807, 2.05) is 30.6 Å². The van der Waals surface area contributed by atoms with Crippen LogP contribution in [0.25, 0.3) is 0 Å². The van der Waals surface area contributed by atoms with Crippen molar-refractivity contribution >= 4 is 0 Å². The molecular weight excluding hydrogens is 339 g/mol. The summed E-state index contributed by atoms with van der Waals surface area (Å²) in [6.07, 6.45) is 3.66. The Bertz CT molecular complexity index is 798. The Morgan fingerprint density at radius 3 is 2.22 bits per heavy atom. The first-order chi connectivity index (χ1) is 13.3. The molecule has 1 saturated heterocycles. The molecule has 0 amide bonds. The Hall–Kier alpha value is -2.56. The Balaban J connectivity index is 1.60. The highest BCUT2D eigenvalue weighted by atomic mass is 19.1. The zero-order chi connectivity index (χ0) is 18.5. The van der Waals surface area contributed by atoms with E-state index >= 15 is 0 Å². The molecule has 0 unspecified atom stereocenters. The molecule has 1 fully saturated rings. The molecule has 1 aliphatic rings. The minimum absolute atomic E-state index is 0.202. The molecule has 0 aliphatic carbocycles. The lowest BCUT2D eigenvalue weighted by Crippen LogP contribution is -2.38. The van der Waals surface area contributed by atoms with Crippen LogP contribution in [0.3, 0.4) is 0 Å². The molecule has 0 N–H and O–H groups in total. The summed E-state index contributed by atoms with van der Waals surface area (Å²) >= 11 is 0. The van der Waals surface area contributed by atoms with E-state index < -0.39 is 0 Å². The van der Waals surface area contributed by atoms with E-state index in [1.54, 1.807) is 0 Å². The minimum Gasteiger partial charge on any atom is -0.379 e. The third-order valence-corrected chi connectivity index (χ3v) is 5.18. The smallest absolute Gasteiger partial charge is 0.123 e. The standard InChI is InChI=1S/C23H23FN2O/c24-21-8-6-20(7-9-21)22-16-27-17-23(22)26(14-18-4-2-1-3-5-18)15-19-10-12-25-13-11-19/h1-13,22-23H,14-17H2/t22-,23+/m0/s1. The molecule has 2 heterocycles. The van der Waals surface area contributed by atoms with Crippen molar-refractivity contribution in [2.24, 2.45) is 0 Å². The molecule has 3 aromatic rings. The second-order valence-electron chi connectivity index (χ2n) is 7.01. The largest absolute Gasteiger partial charge is 0.379 e. The van der Waals surface area contributed by atoms with Gasteiger partial charge in [-0.1, -0.05) is 42.5 Å². The van der Waals surface area contributed by atoms with Crippen LogP contribution in [0.4, 0.5) is 4.39 Å². The molecule has 4 heteroatoms. The number of aromatic nitrogens is 1. The van der Waals surface area contributed by atoms with E-state index in [0.29, 0.717) is 13.2 Å². The fraction of sp³-hybridized carbons (Fsp3) is 0.261. The van der Waals surface area contributed by atoms with E-state index in [-0.39, 0.29) is 17.8 Å². The molecule has 4 rings (SSSR count). The number of benzene rings is 2. The Labute approximate surface area is 159 Å². The first-order valence-corrected chi connectivity index (χ1v) is 9.30. The van der Waals surface area contributed by atoms with E-state index in [1.165, 1.54) is 23.3 Å². The lowest BCUT2D eigenvalue weighted by Gasteiger charge is -2.32. The summed E-state index contributed by atoms with van der Waals surface area (Å²) < 4.78 is 19.2. The molecule has 2 aromatic carbocycles. The quantitative estimate of drug-likeness (QED) is 0.650. The van der Waals surface area contributed by atoms with Gasteiger partial charge in [-0.2, -0.15) is 0 Å². The molecule has 138 valence electrons. The van der Waals surface area contributed by atoms with Gasteiger partial charge in [-0.25, -0.2) is 4.39 Å². The summed E-state index contributed by atoms with van der Waals surface area (Å²) in [5, 5.41) is 0. The van der Waals surface area contributed by atoms with Crippen molar-refractivity contribution in [1.29, 1.82) is 0 Å². The molecule has 27 heavy (non-hydrogen) atoms. The van der Waals surface area contributed by atoms with Crippen molar-refractivity contribution in [3.05, 3.63) is 102 Å². The molecular formula is C23H23FN2O. The fourth-order valence-corrected chi connectivity index (χ4v) is 3.76. The molecule has 0 spiro atoms. The second kappa shape index (κ2) is 8.42. The van der Waals surface area contributed by atoms with Crippen LogP contribution in [0.1, 0.15) is 22.6 Å². The van der Waals surface area contributed by atoms with Gasteiger partial charge in [0.05, 0.1) is 13.2 Å². The maximum atomic E-state index is 13.4. The van der Waals surface area contributed by atoms with Crippen molar-refractivity contribution in [2.75, 3.05) is 13.2 Å². The maximum Gasteiger partial charge on any atom is 0.123 e. The van der Waals surface area contributed by atoms with Crippen LogP contribution < -0.4 is 0 Å². The van der Waals surface area contributed by atoms with Crippen molar-refractivity contribution in [2.45, 2.75) is 25.0 Å². The van der Waals surface area contributed by atoms with Gasteiger partial charge in [0.15, 0.2) is 0 Å². The third-order valence-electron chi connectivity index (χ3n) is 5.18. The van der Waals surface area contributed by atoms with Crippen LogP contribution in [0, 0.1) is 5.82 Å². The van der Waals surface area contributed by atoms with Gasteiger partial charge in [-0.15, -0.1) is 0 Å². The van der Waals surface area contributed by atoms with Gasteiger partial charge in [0.1, 0.15) is 5.82 Å². The summed E-state index contributed by atoms with van der Waals surface area (Å²) in [5.74, 6) is 0.0308. The number of hydrogen-bond acceptors (Lipinski definition) is 3. The van der Waals surface area contributed by atoms with Crippen molar-refractivity contribution in [3.8, 4) is 0 Å². The number of rotatable bonds is 6. The normalized spacial score (nSPS) is 19.5. The second-order valence-corrected chi connectivity index (χ2v) is 7.01. The van der Waals surface area contributed by atoms with Gasteiger partial charge in [0, 0.05) is 37.4 Å². The predicted molar refractivity (Wildman–Crippen MR) is 104 cm³/mol. The van der Waals surface area contributed by atoms with Crippen molar-refractivity contribution < 1.29 is 9.13 Å². The van der Waals surface area contributed by atoms with Crippen LogP contribution in [-0.2, 0) is 17.8 Å². The summed E-state index contributed by atoms with van der Waals surface area (Å²) in [6.45, 7) is 3.01. The monoisotopic (exact) mass is 362 g/mol. The van der Waals surface area contributed by atoms with E-state index in [0.717, 1.165) is 18.7 Å². The first-order valence-electron chi connectivity index (χ1n) is 9.30. The van der Waals surface area contributed by atoms with Crippen LogP contribution in [0.15, 0.2) is 79.1 Å². The van der Waals surface area contributed by atoms with E-state index in [4.69, 9.17) is 4.74 Å². The zero-order valence-electron chi connectivity index (χ0n) is 15.2. The molecule has 2 atom stereocenters. The van der Waals surface area contributed by atoms with Crippen LogP contribution >= 0.6 is 0 Å². The van der Waals surface area contributed by atoms with Gasteiger partial charge in [0.25, 0.3) is 0 Å². The lowest BCUT2D eigenvalue weighted by atomic mass is 9.92. The number of pyridine rings is 1. The number of ether oxygens (including phenoxy) is 1. The highest BCUT2D eigenvalue weighted by molar-refractivity contribution is 5.24. The Kier molecular flexibility index (Phi) is 5.56. The molecule has 1 aromatic heterocycles. The van der Waals surface area contributed by atoms with Gasteiger partial charge >= 0.3 is 0 Å². The van der Waals surface area contributed by atoms with E-state index in [2.05, 4.69) is 46.3 Å². The third kappa shape index (κ3) is 4.41. The number of hydrogen-bond donors (Lipinski definition) is 0. The highest BCUT2D eigenvalue weighted by Crippen LogP contribution is 2.31. The molecule has 0 saturated carbocycles. The minimum atomic E-state index is -0.202. The SMILES string of the molecule is Fc1ccc([C@@H]2COC[C@H]2N(Cc2ccccc2)Cc2ccncc2)cc1. The lowest BCUT2D eigenvalue weighted by molar-refractivity contribution is 0.132. The average Bonchev–Trinajstić information content (AvgIpc) is 3.19. The summed E-state index contributed by atoms with van der Waals surface area (Å²) in [6, 6.07) is 21.7. The maximum absolute atomic E-state index is 13.4. The zero-order valence-corrected chi connectivity index (χ0v) is 15.2.